The lowest BCUT2D eigenvalue weighted by Crippen LogP contribution is -2.61. The predicted molar refractivity (Wildman–Crippen MR) is 134 cm³/mol. The van der Waals surface area contributed by atoms with Gasteiger partial charge in [0.05, 0.1) is 0 Å². The minimum absolute atomic E-state index is 0.583. The Kier molecular flexibility index (Phi) is 14.7. The molecule has 0 radical (unpaired) electrons. The number of rotatable bonds is 17. The van der Waals surface area contributed by atoms with Gasteiger partial charge in [0.15, 0.2) is 35.4 Å². The summed E-state index contributed by atoms with van der Waals surface area (Å²) in [5.74, 6) is 0. The molecule has 0 fully saturated rings. The molecule has 0 saturated heterocycles. The molecule has 0 spiro atoms. The fourth-order valence-electron chi connectivity index (χ4n) is 2.87. The van der Waals surface area contributed by atoms with Gasteiger partial charge >= 0.3 is 17.9 Å². The maximum absolute atomic E-state index is 6.76. The predicted octanol–water partition coefficient (Wildman–Crippen LogP) is 3.69. The van der Waals surface area contributed by atoms with E-state index in [2.05, 4.69) is 52.4 Å². The van der Waals surface area contributed by atoms with Crippen molar-refractivity contribution >= 4 is 53.3 Å². The molecule has 0 rings (SSSR count). The zero-order chi connectivity index (χ0) is 22.7. The highest BCUT2D eigenvalue weighted by Crippen LogP contribution is 2.29. The van der Waals surface area contributed by atoms with Crippen LogP contribution in [0.3, 0.4) is 0 Å². The van der Waals surface area contributed by atoms with Crippen LogP contribution in [0.15, 0.2) is 0 Å². The van der Waals surface area contributed by atoms with Gasteiger partial charge in [-0.1, -0.05) is 0 Å². The number of hydrogen-bond acceptors (Lipinski definition) is 7. The summed E-state index contributed by atoms with van der Waals surface area (Å²) >= 11 is 0. The molecule has 0 aliphatic rings. The van der Waals surface area contributed by atoms with Gasteiger partial charge in [-0.05, 0) is 79.2 Å². The van der Waals surface area contributed by atoms with Gasteiger partial charge in [-0.3, -0.25) is 0 Å². The second kappa shape index (κ2) is 14.2. The topological polar surface area (TPSA) is 64.6 Å². The van der Waals surface area contributed by atoms with Gasteiger partial charge in [0.2, 0.25) is 0 Å². The molecule has 0 aromatic carbocycles. The minimum Gasteiger partial charge on any atom is -0.399 e. The highest BCUT2D eigenvalue weighted by atomic mass is 28.5. The van der Waals surface area contributed by atoms with Crippen molar-refractivity contribution in [2.45, 2.75) is 85.2 Å². The summed E-state index contributed by atoms with van der Waals surface area (Å²) in [6.45, 7) is 25.0. The van der Waals surface area contributed by atoms with Gasteiger partial charge < -0.3 is 29.7 Å². The Hall–Kier alpha value is 1.02. The lowest BCUT2D eigenvalue weighted by molar-refractivity contribution is 0.0719. The van der Waals surface area contributed by atoms with Crippen molar-refractivity contribution in [3.8, 4) is 0 Å². The molecular formula is C16H46O7Si6. The first-order chi connectivity index (χ1) is 13.3. The Morgan fingerprint density at radius 2 is 0.931 bits per heavy atom. The second-order valence-corrected chi connectivity index (χ2v) is 26.0. The third kappa shape index (κ3) is 12.6. The summed E-state index contributed by atoms with van der Waals surface area (Å²) in [4.78, 5) is 0. The minimum atomic E-state index is -3.13. The second-order valence-electron chi connectivity index (χ2n) is 8.34. The zero-order valence-corrected chi connectivity index (χ0v) is 27.1. The fraction of sp³-hybridized carbons (Fsp3) is 1.00. The Morgan fingerprint density at radius 1 is 0.586 bits per heavy atom. The lowest BCUT2D eigenvalue weighted by Gasteiger charge is -2.39. The Labute approximate surface area is 187 Å². The van der Waals surface area contributed by atoms with E-state index >= 15 is 0 Å². The molecule has 0 unspecified atom stereocenters. The molecule has 7 nitrogen and oxygen atoms in total. The molecule has 0 aromatic heterocycles. The lowest BCUT2D eigenvalue weighted by atomic mass is 10.9. The van der Waals surface area contributed by atoms with Crippen LogP contribution >= 0.6 is 0 Å². The summed E-state index contributed by atoms with van der Waals surface area (Å²) in [7, 11) is -12.2. The molecule has 0 amide bonds. The molecule has 0 N–H and O–H groups in total. The highest BCUT2D eigenvalue weighted by molar-refractivity contribution is 6.85. The summed E-state index contributed by atoms with van der Waals surface area (Å²) in [6.07, 6.45) is 0. The van der Waals surface area contributed by atoms with E-state index in [0.29, 0.717) is 19.8 Å². The van der Waals surface area contributed by atoms with Crippen LogP contribution in [0.25, 0.3) is 0 Å². The van der Waals surface area contributed by atoms with Crippen molar-refractivity contribution < 1.29 is 29.7 Å². The van der Waals surface area contributed by atoms with Crippen LogP contribution in [0.2, 0.25) is 64.5 Å². The summed E-state index contributed by atoms with van der Waals surface area (Å²) in [5, 5.41) is 0. The molecule has 0 aromatic rings. The molecule has 0 atom stereocenters. The van der Waals surface area contributed by atoms with Crippen molar-refractivity contribution in [2.24, 2.45) is 0 Å². The Bertz CT molecular complexity index is 396. The fourth-order valence-corrected chi connectivity index (χ4v) is 22.6. The van der Waals surface area contributed by atoms with Crippen molar-refractivity contribution in [3.63, 3.8) is 0 Å². The smallest absolute Gasteiger partial charge is 0.399 e. The van der Waals surface area contributed by atoms with Crippen LogP contribution < -0.4 is 0 Å². The van der Waals surface area contributed by atoms with Gasteiger partial charge in [-0.2, -0.15) is 0 Å². The Morgan fingerprint density at radius 3 is 1.21 bits per heavy atom. The third-order valence-corrected chi connectivity index (χ3v) is 21.0. The van der Waals surface area contributed by atoms with Crippen LogP contribution in [0, 0.1) is 0 Å². The van der Waals surface area contributed by atoms with Gasteiger partial charge in [0, 0.05) is 25.9 Å². The van der Waals surface area contributed by atoms with E-state index in [4.69, 9.17) is 29.7 Å². The maximum Gasteiger partial charge on any atom is 0.636 e. The van der Waals surface area contributed by atoms with E-state index in [1.807, 2.05) is 20.8 Å². The monoisotopic (exact) mass is 518 g/mol. The molecule has 0 aliphatic heterocycles. The molecular weight excluding hydrogens is 473 g/mol. The van der Waals surface area contributed by atoms with Crippen LogP contribution in [0.5, 0.6) is 0 Å². The summed E-state index contributed by atoms with van der Waals surface area (Å²) < 4.78 is 44.1. The average molecular weight is 519 g/mol. The van der Waals surface area contributed by atoms with Gasteiger partial charge in [-0.15, -0.1) is 0 Å². The van der Waals surface area contributed by atoms with Gasteiger partial charge in [0.1, 0.15) is 0 Å². The normalized spacial score (nSPS) is 13.9. The molecule has 0 bridgehead atoms. The van der Waals surface area contributed by atoms with Gasteiger partial charge in [-0.25, -0.2) is 0 Å². The molecule has 13 heteroatoms. The van der Waals surface area contributed by atoms with Gasteiger partial charge in [0.25, 0.3) is 0 Å². The van der Waals surface area contributed by atoms with E-state index < -0.39 is 53.3 Å². The van der Waals surface area contributed by atoms with Crippen LogP contribution in [-0.2, 0) is 29.7 Å². The quantitative estimate of drug-likeness (QED) is 0.272. The van der Waals surface area contributed by atoms with Crippen LogP contribution in [0.4, 0.5) is 0 Å². The molecule has 0 heterocycles. The summed E-state index contributed by atoms with van der Waals surface area (Å²) in [5.41, 5.74) is 0. The van der Waals surface area contributed by atoms with Crippen molar-refractivity contribution in [2.75, 3.05) is 19.8 Å². The first kappa shape index (κ1) is 30.0. The first-order valence-electron chi connectivity index (χ1n) is 11.0. The maximum atomic E-state index is 6.76. The molecule has 0 saturated carbocycles. The van der Waals surface area contributed by atoms with E-state index in [1.165, 1.54) is 0 Å². The van der Waals surface area contributed by atoms with Crippen molar-refractivity contribution in [1.82, 2.24) is 0 Å². The first-order valence-corrected chi connectivity index (χ1v) is 26.0. The largest absolute Gasteiger partial charge is 0.636 e. The molecule has 29 heavy (non-hydrogen) atoms. The summed E-state index contributed by atoms with van der Waals surface area (Å²) in [6, 6.07) is 1.59. The Balaban J connectivity index is 5.55. The average Bonchev–Trinajstić information content (AvgIpc) is 2.51. The molecule has 176 valence electrons. The van der Waals surface area contributed by atoms with E-state index in [1.54, 1.807) is 0 Å². The third-order valence-electron chi connectivity index (χ3n) is 3.67. The standard InChI is InChI=1S/C16H46O7Si6/c1-12-17-28(18-13-2,19-14-3)16-15-27(10,11)23-29(20-24(4)5,21-25(6)7)22-26(8)9/h24-26H,12-16H2,1-11H3. The van der Waals surface area contributed by atoms with Crippen LogP contribution in [-0.4, -0.2) is 73.1 Å². The van der Waals surface area contributed by atoms with E-state index in [0.717, 1.165) is 12.1 Å². The van der Waals surface area contributed by atoms with Crippen molar-refractivity contribution in [1.29, 1.82) is 0 Å². The molecule has 0 aliphatic carbocycles. The highest BCUT2D eigenvalue weighted by Gasteiger charge is 2.52. The van der Waals surface area contributed by atoms with E-state index in [9.17, 15) is 0 Å². The zero-order valence-electron chi connectivity index (χ0n) is 20.6. The van der Waals surface area contributed by atoms with Crippen molar-refractivity contribution in [3.05, 3.63) is 0 Å². The SMILES string of the molecule is CCO[Si](CC[Si](C)(C)O[Si](O[SiH](C)C)(O[SiH](C)C)O[SiH](C)C)(OCC)OCC. The van der Waals surface area contributed by atoms with E-state index in [-0.39, 0.29) is 0 Å². The van der Waals surface area contributed by atoms with Crippen LogP contribution in [0.1, 0.15) is 20.8 Å². The number of hydrogen-bond donors (Lipinski definition) is 0.